The van der Waals surface area contributed by atoms with Crippen molar-refractivity contribution in [1.29, 1.82) is 0 Å². The molecule has 0 aliphatic heterocycles. The average Bonchev–Trinajstić information content (AvgIpc) is 2.27. The van der Waals surface area contributed by atoms with Gasteiger partial charge in [0, 0.05) is 6.54 Å². The molecule has 0 saturated heterocycles. The van der Waals surface area contributed by atoms with Crippen LogP contribution in [0.4, 0.5) is 4.39 Å². The molecular weight excluding hydrogens is 157 g/mol. The van der Waals surface area contributed by atoms with E-state index in [9.17, 15) is 9.18 Å². The van der Waals surface area contributed by atoms with Crippen LogP contribution in [-0.4, -0.2) is 13.0 Å². The minimum atomic E-state index is -0.229. The van der Waals surface area contributed by atoms with E-state index in [1.54, 1.807) is 12.2 Å². The van der Waals surface area contributed by atoms with E-state index in [4.69, 9.17) is 0 Å². The first-order chi connectivity index (χ1) is 5.83. The first kappa shape index (κ1) is 8.71. The molecule has 1 aliphatic carbocycles. The second-order valence-electron chi connectivity index (χ2n) is 2.48. The quantitative estimate of drug-likeness (QED) is 0.633. The monoisotopic (exact) mass is 167 g/mol. The van der Waals surface area contributed by atoms with Crippen molar-refractivity contribution in [2.24, 2.45) is 0 Å². The average molecular weight is 167 g/mol. The predicted octanol–water partition coefficient (Wildman–Crippen LogP) is 1.47. The van der Waals surface area contributed by atoms with Crippen molar-refractivity contribution < 1.29 is 9.18 Å². The van der Waals surface area contributed by atoms with Gasteiger partial charge in [0.05, 0.1) is 0 Å². The summed E-state index contributed by atoms with van der Waals surface area (Å²) in [5, 5.41) is 2.53. The third-order valence-electron chi connectivity index (χ3n) is 1.56. The molecule has 0 bridgehead atoms. The van der Waals surface area contributed by atoms with Crippen LogP contribution in [0.25, 0.3) is 0 Å². The highest BCUT2D eigenvalue weighted by Crippen LogP contribution is 2.11. The molecule has 3 heteroatoms. The molecule has 0 aromatic rings. The molecule has 0 saturated carbocycles. The molecule has 0 atom stereocenters. The van der Waals surface area contributed by atoms with Gasteiger partial charge >= 0.3 is 0 Å². The maximum absolute atomic E-state index is 12.6. The van der Waals surface area contributed by atoms with Gasteiger partial charge < -0.3 is 5.32 Å². The Balaban J connectivity index is 2.51. The molecule has 64 valence electrons. The van der Waals surface area contributed by atoms with Crippen molar-refractivity contribution in [3.05, 3.63) is 35.7 Å². The van der Waals surface area contributed by atoms with Gasteiger partial charge in [-0.2, -0.15) is 0 Å². The molecule has 2 nitrogen and oxygen atoms in total. The summed E-state index contributed by atoms with van der Waals surface area (Å²) in [6.45, 7) is 0.484. The second-order valence-corrected chi connectivity index (χ2v) is 2.48. The van der Waals surface area contributed by atoms with Gasteiger partial charge in [-0.3, -0.25) is 4.79 Å². The third kappa shape index (κ3) is 2.70. The van der Waals surface area contributed by atoms with Crippen LogP contribution in [0, 0.1) is 0 Å². The Hall–Kier alpha value is -1.38. The SMILES string of the molecule is O=CNCC1=CC=CC(F)=CC1. The lowest BCUT2D eigenvalue weighted by atomic mass is 10.2. The van der Waals surface area contributed by atoms with E-state index < -0.39 is 0 Å². The fourth-order valence-electron chi connectivity index (χ4n) is 0.945. The summed E-state index contributed by atoms with van der Waals surface area (Å²) in [4.78, 5) is 9.95. The van der Waals surface area contributed by atoms with Crippen LogP contribution in [0.15, 0.2) is 35.7 Å². The number of nitrogens with one attached hydrogen (secondary N) is 1. The van der Waals surface area contributed by atoms with Crippen molar-refractivity contribution in [2.75, 3.05) is 6.54 Å². The molecule has 12 heavy (non-hydrogen) atoms. The molecule has 1 amide bonds. The minimum Gasteiger partial charge on any atom is -0.355 e. The van der Waals surface area contributed by atoms with Gasteiger partial charge in [-0.05, 0) is 24.1 Å². The van der Waals surface area contributed by atoms with Gasteiger partial charge in [0.1, 0.15) is 5.83 Å². The summed E-state index contributed by atoms with van der Waals surface area (Å²) in [6.07, 6.45) is 7.52. The van der Waals surface area contributed by atoms with Crippen LogP contribution in [0.1, 0.15) is 6.42 Å². The van der Waals surface area contributed by atoms with Crippen LogP contribution < -0.4 is 5.32 Å². The summed E-state index contributed by atoms with van der Waals surface area (Å²) in [7, 11) is 0. The zero-order valence-corrected chi connectivity index (χ0v) is 6.59. The number of halogens is 1. The van der Waals surface area contributed by atoms with E-state index in [2.05, 4.69) is 5.32 Å². The lowest BCUT2D eigenvalue weighted by Gasteiger charge is -2.00. The predicted molar refractivity (Wildman–Crippen MR) is 45.1 cm³/mol. The number of hydrogen-bond acceptors (Lipinski definition) is 1. The number of rotatable bonds is 3. The lowest BCUT2D eigenvalue weighted by molar-refractivity contribution is -0.109. The Bertz CT molecular complexity index is 250. The molecule has 1 aliphatic rings. The van der Waals surface area contributed by atoms with Crippen LogP contribution in [-0.2, 0) is 4.79 Å². The van der Waals surface area contributed by atoms with E-state index in [1.807, 2.05) is 0 Å². The standard InChI is InChI=1S/C9H10FNO/c10-9-3-1-2-8(4-5-9)6-11-7-12/h1-3,5,7H,4,6H2,(H,11,12). The van der Waals surface area contributed by atoms with E-state index in [0.717, 1.165) is 5.57 Å². The topological polar surface area (TPSA) is 29.1 Å². The fourth-order valence-corrected chi connectivity index (χ4v) is 0.945. The normalized spacial score (nSPS) is 16.1. The zero-order chi connectivity index (χ0) is 8.81. The van der Waals surface area contributed by atoms with Crippen molar-refractivity contribution in [2.45, 2.75) is 6.42 Å². The van der Waals surface area contributed by atoms with Crippen molar-refractivity contribution in [3.63, 3.8) is 0 Å². The van der Waals surface area contributed by atoms with Crippen molar-refractivity contribution >= 4 is 6.41 Å². The Morgan fingerprint density at radius 2 is 2.50 bits per heavy atom. The zero-order valence-electron chi connectivity index (χ0n) is 6.59. The Morgan fingerprint density at radius 3 is 3.25 bits per heavy atom. The van der Waals surface area contributed by atoms with Crippen LogP contribution in [0.3, 0.4) is 0 Å². The van der Waals surface area contributed by atoms with Crippen LogP contribution in [0.2, 0.25) is 0 Å². The number of carbonyl (C=O) groups is 1. The highest BCUT2D eigenvalue weighted by Gasteiger charge is 1.97. The van der Waals surface area contributed by atoms with Crippen molar-refractivity contribution in [3.8, 4) is 0 Å². The Labute approximate surface area is 70.5 Å². The van der Waals surface area contributed by atoms with Gasteiger partial charge in [0.2, 0.25) is 6.41 Å². The molecule has 1 rings (SSSR count). The summed E-state index contributed by atoms with van der Waals surface area (Å²) >= 11 is 0. The Morgan fingerprint density at radius 1 is 1.67 bits per heavy atom. The molecule has 0 aromatic carbocycles. The smallest absolute Gasteiger partial charge is 0.207 e. The maximum atomic E-state index is 12.6. The molecule has 0 heterocycles. The maximum Gasteiger partial charge on any atom is 0.207 e. The van der Waals surface area contributed by atoms with Gasteiger partial charge in [-0.1, -0.05) is 12.2 Å². The lowest BCUT2D eigenvalue weighted by Crippen LogP contribution is -2.13. The van der Waals surface area contributed by atoms with Gasteiger partial charge in [-0.25, -0.2) is 4.39 Å². The second kappa shape index (κ2) is 4.49. The molecule has 1 N–H and O–H groups in total. The summed E-state index contributed by atoms with van der Waals surface area (Å²) in [5.74, 6) is -0.229. The molecule has 0 radical (unpaired) electrons. The highest BCUT2D eigenvalue weighted by molar-refractivity contribution is 5.47. The van der Waals surface area contributed by atoms with Crippen molar-refractivity contribution in [1.82, 2.24) is 5.32 Å². The minimum absolute atomic E-state index is 0.229. The van der Waals surface area contributed by atoms with E-state index in [1.165, 1.54) is 12.2 Å². The summed E-state index contributed by atoms with van der Waals surface area (Å²) < 4.78 is 12.6. The van der Waals surface area contributed by atoms with E-state index >= 15 is 0 Å². The first-order valence-electron chi connectivity index (χ1n) is 3.71. The van der Waals surface area contributed by atoms with Gasteiger partial charge in [-0.15, -0.1) is 0 Å². The van der Waals surface area contributed by atoms with E-state index in [-0.39, 0.29) is 5.83 Å². The molecule has 0 unspecified atom stereocenters. The van der Waals surface area contributed by atoms with Gasteiger partial charge in [0.25, 0.3) is 0 Å². The largest absolute Gasteiger partial charge is 0.355 e. The number of carbonyl (C=O) groups excluding carboxylic acids is 1. The highest BCUT2D eigenvalue weighted by atomic mass is 19.1. The first-order valence-corrected chi connectivity index (χ1v) is 3.71. The van der Waals surface area contributed by atoms with Crippen LogP contribution >= 0.6 is 0 Å². The third-order valence-corrected chi connectivity index (χ3v) is 1.56. The molecule has 0 spiro atoms. The fraction of sp³-hybridized carbons (Fsp3) is 0.222. The molecule has 0 aromatic heterocycles. The summed E-state index contributed by atoms with van der Waals surface area (Å²) in [5.41, 5.74) is 0.992. The molecular formula is C9H10FNO. The Kier molecular flexibility index (Phi) is 3.26. The van der Waals surface area contributed by atoms with E-state index in [0.29, 0.717) is 19.4 Å². The molecule has 0 fully saturated rings. The number of allylic oxidation sites excluding steroid dienone is 5. The van der Waals surface area contributed by atoms with Crippen LogP contribution in [0.5, 0.6) is 0 Å². The summed E-state index contributed by atoms with van der Waals surface area (Å²) in [6, 6.07) is 0. The number of hydrogen-bond donors (Lipinski definition) is 1. The van der Waals surface area contributed by atoms with Gasteiger partial charge in [0.15, 0.2) is 0 Å². The number of amides is 1.